The second kappa shape index (κ2) is 7.51. The first-order valence-electron chi connectivity index (χ1n) is 5.62. The summed E-state index contributed by atoms with van der Waals surface area (Å²) in [6.45, 7) is 1.73. The molecule has 0 atom stereocenters. The summed E-state index contributed by atoms with van der Waals surface area (Å²) in [5, 5.41) is 0. The number of ketones is 1. The second-order valence-electron chi connectivity index (χ2n) is 4.00. The van der Waals surface area contributed by atoms with Gasteiger partial charge in [-0.3, -0.25) is 9.69 Å². The zero-order valence-electron chi connectivity index (χ0n) is 10.9. The molecule has 0 unspecified atom stereocenters. The zero-order chi connectivity index (χ0) is 13.5. The van der Waals surface area contributed by atoms with E-state index >= 15 is 0 Å². The van der Waals surface area contributed by atoms with Gasteiger partial charge in [-0.2, -0.15) is 0 Å². The summed E-state index contributed by atoms with van der Waals surface area (Å²) in [5.74, 6) is 0.802. The minimum absolute atomic E-state index is 0.0805. The van der Waals surface area contributed by atoms with E-state index < -0.39 is 0 Å². The molecule has 0 N–H and O–H groups in total. The Balaban J connectivity index is 2.64. The average Bonchev–Trinajstić information content (AvgIpc) is 2.36. The maximum absolute atomic E-state index is 12.0. The van der Waals surface area contributed by atoms with Crippen molar-refractivity contribution in [2.45, 2.75) is 0 Å². The van der Waals surface area contributed by atoms with Crippen molar-refractivity contribution < 1.29 is 14.3 Å². The van der Waals surface area contributed by atoms with E-state index in [-0.39, 0.29) is 5.78 Å². The van der Waals surface area contributed by atoms with Crippen LogP contribution in [-0.2, 0) is 4.74 Å². The van der Waals surface area contributed by atoms with E-state index in [2.05, 4.69) is 15.9 Å². The van der Waals surface area contributed by atoms with Crippen LogP contribution in [0.3, 0.4) is 0 Å². The molecule has 100 valence electrons. The monoisotopic (exact) mass is 315 g/mol. The minimum Gasteiger partial charge on any atom is -0.496 e. The first-order chi connectivity index (χ1) is 8.58. The van der Waals surface area contributed by atoms with E-state index in [0.29, 0.717) is 18.7 Å². The van der Waals surface area contributed by atoms with Crippen molar-refractivity contribution in [1.29, 1.82) is 0 Å². The third kappa shape index (κ3) is 4.40. The lowest BCUT2D eigenvalue weighted by molar-refractivity contribution is 0.0922. The average molecular weight is 316 g/mol. The number of carbonyl (C=O) groups excluding carboxylic acids is 1. The van der Waals surface area contributed by atoms with Gasteiger partial charge in [0.25, 0.3) is 0 Å². The molecule has 0 aliphatic heterocycles. The lowest BCUT2D eigenvalue weighted by Crippen LogP contribution is -2.29. The Bertz CT molecular complexity index is 409. The number of carbonyl (C=O) groups is 1. The number of likely N-dealkylation sites (N-methyl/N-ethyl adjacent to an activating group) is 1. The molecule has 0 aromatic heterocycles. The van der Waals surface area contributed by atoms with Gasteiger partial charge in [-0.05, 0) is 41.2 Å². The summed E-state index contributed by atoms with van der Waals surface area (Å²) < 4.78 is 10.9. The van der Waals surface area contributed by atoms with Crippen LogP contribution in [0.2, 0.25) is 0 Å². The van der Waals surface area contributed by atoms with Crippen molar-refractivity contribution in [2.24, 2.45) is 0 Å². The molecule has 1 rings (SSSR count). The number of ether oxygens (including phenoxy) is 2. The van der Waals surface area contributed by atoms with Gasteiger partial charge >= 0.3 is 0 Å². The SMILES string of the molecule is COCCN(C)CC(=O)c1ccc(OC)c(Br)c1. The van der Waals surface area contributed by atoms with Gasteiger partial charge in [0, 0.05) is 19.2 Å². The summed E-state index contributed by atoms with van der Waals surface area (Å²) in [7, 11) is 5.14. The molecule has 0 saturated heterocycles. The van der Waals surface area contributed by atoms with Gasteiger partial charge in [0.2, 0.25) is 0 Å². The molecular formula is C13H18BrNO3. The first-order valence-corrected chi connectivity index (χ1v) is 6.42. The van der Waals surface area contributed by atoms with Crippen LogP contribution in [0.15, 0.2) is 22.7 Å². The maximum Gasteiger partial charge on any atom is 0.176 e. The maximum atomic E-state index is 12.0. The van der Waals surface area contributed by atoms with Gasteiger partial charge in [-0.15, -0.1) is 0 Å². The van der Waals surface area contributed by atoms with Gasteiger partial charge in [-0.1, -0.05) is 0 Å². The van der Waals surface area contributed by atoms with Crippen LogP contribution in [0.1, 0.15) is 10.4 Å². The van der Waals surface area contributed by atoms with Crippen LogP contribution < -0.4 is 4.74 Å². The highest BCUT2D eigenvalue weighted by molar-refractivity contribution is 9.10. The fraction of sp³-hybridized carbons (Fsp3) is 0.462. The van der Waals surface area contributed by atoms with Crippen molar-refractivity contribution in [3.63, 3.8) is 0 Å². The Morgan fingerprint density at radius 2 is 2.11 bits per heavy atom. The van der Waals surface area contributed by atoms with E-state index in [0.717, 1.165) is 16.8 Å². The summed E-state index contributed by atoms with van der Waals surface area (Å²) in [6.07, 6.45) is 0. The minimum atomic E-state index is 0.0805. The number of rotatable bonds is 7. The van der Waals surface area contributed by atoms with Crippen molar-refractivity contribution in [2.75, 3.05) is 41.0 Å². The van der Waals surface area contributed by atoms with Crippen LogP contribution in [0.4, 0.5) is 0 Å². The Hall–Kier alpha value is -0.910. The van der Waals surface area contributed by atoms with Crippen LogP contribution in [0.5, 0.6) is 5.75 Å². The van der Waals surface area contributed by atoms with Crippen molar-refractivity contribution in [1.82, 2.24) is 4.90 Å². The summed E-state index contributed by atoms with van der Waals surface area (Å²) in [5.41, 5.74) is 0.673. The van der Waals surface area contributed by atoms with E-state index in [9.17, 15) is 4.79 Å². The smallest absolute Gasteiger partial charge is 0.176 e. The normalized spacial score (nSPS) is 10.7. The van der Waals surface area contributed by atoms with Crippen molar-refractivity contribution in [3.05, 3.63) is 28.2 Å². The number of halogens is 1. The molecule has 4 nitrogen and oxygen atoms in total. The topological polar surface area (TPSA) is 38.8 Å². The summed E-state index contributed by atoms with van der Waals surface area (Å²) in [4.78, 5) is 14.0. The van der Waals surface area contributed by atoms with E-state index in [1.54, 1.807) is 32.4 Å². The standard InChI is InChI=1S/C13H18BrNO3/c1-15(6-7-17-2)9-12(16)10-4-5-13(18-3)11(14)8-10/h4-5,8H,6-7,9H2,1-3H3. The van der Waals surface area contributed by atoms with Crippen LogP contribution in [-0.4, -0.2) is 51.6 Å². The molecule has 0 fully saturated rings. The highest BCUT2D eigenvalue weighted by atomic mass is 79.9. The Labute approximate surface area is 116 Å². The second-order valence-corrected chi connectivity index (χ2v) is 4.86. The number of benzene rings is 1. The largest absolute Gasteiger partial charge is 0.496 e. The predicted octanol–water partition coefficient (Wildman–Crippen LogP) is 2.22. The molecule has 0 spiro atoms. The molecule has 1 aromatic carbocycles. The fourth-order valence-corrected chi connectivity index (χ4v) is 2.04. The molecular weight excluding hydrogens is 298 g/mol. The van der Waals surface area contributed by atoms with Gasteiger partial charge in [-0.25, -0.2) is 0 Å². The van der Waals surface area contributed by atoms with E-state index in [1.165, 1.54) is 0 Å². The van der Waals surface area contributed by atoms with E-state index in [4.69, 9.17) is 9.47 Å². The van der Waals surface area contributed by atoms with Gasteiger partial charge in [0.1, 0.15) is 5.75 Å². The molecule has 1 aromatic rings. The fourth-order valence-electron chi connectivity index (χ4n) is 1.50. The highest BCUT2D eigenvalue weighted by Crippen LogP contribution is 2.25. The summed E-state index contributed by atoms with van der Waals surface area (Å²) in [6, 6.07) is 5.34. The lowest BCUT2D eigenvalue weighted by Gasteiger charge is -2.15. The van der Waals surface area contributed by atoms with Crippen LogP contribution >= 0.6 is 15.9 Å². The number of methoxy groups -OCH3 is 2. The molecule has 18 heavy (non-hydrogen) atoms. The Morgan fingerprint density at radius 3 is 2.67 bits per heavy atom. The molecule has 0 heterocycles. The lowest BCUT2D eigenvalue weighted by atomic mass is 10.1. The van der Waals surface area contributed by atoms with Crippen molar-refractivity contribution in [3.8, 4) is 5.75 Å². The molecule has 0 aliphatic rings. The van der Waals surface area contributed by atoms with Crippen LogP contribution in [0.25, 0.3) is 0 Å². The molecule has 5 heteroatoms. The predicted molar refractivity (Wildman–Crippen MR) is 74.4 cm³/mol. The van der Waals surface area contributed by atoms with Gasteiger partial charge in [0.15, 0.2) is 5.78 Å². The number of Topliss-reactive ketones (excluding diaryl/α,β-unsaturated/α-hetero) is 1. The Kier molecular flexibility index (Phi) is 6.32. The number of nitrogens with zero attached hydrogens (tertiary/aromatic N) is 1. The third-order valence-corrected chi connectivity index (χ3v) is 3.18. The third-order valence-electron chi connectivity index (χ3n) is 2.56. The van der Waals surface area contributed by atoms with Crippen molar-refractivity contribution >= 4 is 21.7 Å². The number of hydrogen-bond donors (Lipinski definition) is 0. The molecule has 0 saturated carbocycles. The Morgan fingerprint density at radius 1 is 1.39 bits per heavy atom. The first kappa shape index (κ1) is 15.1. The number of hydrogen-bond acceptors (Lipinski definition) is 4. The highest BCUT2D eigenvalue weighted by Gasteiger charge is 2.11. The molecule has 0 amide bonds. The summed E-state index contributed by atoms with van der Waals surface area (Å²) >= 11 is 3.37. The van der Waals surface area contributed by atoms with Gasteiger partial charge in [0.05, 0.1) is 24.7 Å². The van der Waals surface area contributed by atoms with E-state index in [1.807, 2.05) is 11.9 Å². The molecule has 0 radical (unpaired) electrons. The zero-order valence-corrected chi connectivity index (χ0v) is 12.5. The molecule has 0 bridgehead atoms. The quantitative estimate of drug-likeness (QED) is 0.723. The van der Waals surface area contributed by atoms with Crippen LogP contribution in [0, 0.1) is 0 Å². The molecule has 0 aliphatic carbocycles. The van der Waals surface area contributed by atoms with Gasteiger partial charge < -0.3 is 9.47 Å².